The molecule has 18 heavy (non-hydrogen) atoms. The van der Waals surface area contributed by atoms with Gasteiger partial charge in [-0.05, 0) is 44.0 Å². The molecule has 102 valence electrons. The zero-order valence-electron chi connectivity index (χ0n) is 10.6. The SMILES string of the molecule is CNC(CCCc1ccc(OC)cc1)C(F)(F)F. The Hall–Kier alpha value is -1.23. The molecule has 0 saturated heterocycles. The second-order valence-corrected chi connectivity index (χ2v) is 4.12. The number of hydrogen-bond donors (Lipinski definition) is 1. The largest absolute Gasteiger partial charge is 0.497 e. The summed E-state index contributed by atoms with van der Waals surface area (Å²) in [5.41, 5.74) is 1.02. The fraction of sp³-hybridized carbons (Fsp3) is 0.538. The van der Waals surface area contributed by atoms with Crippen LogP contribution in [-0.2, 0) is 6.42 Å². The molecule has 2 nitrogen and oxygen atoms in total. The van der Waals surface area contributed by atoms with Gasteiger partial charge in [0.25, 0.3) is 0 Å². The van der Waals surface area contributed by atoms with Crippen LogP contribution in [0.25, 0.3) is 0 Å². The highest BCUT2D eigenvalue weighted by atomic mass is 19.4. The highest BCUT2D eigenvalue weighted by Crippen LogP contribution is 2.24. The Kier molecular flexibility index (Phi) is 5.47. The Labute approximate surface area is 105 Å². The van der Waals surface area contributed by atoms with Gasteiger partial charge in [0.05, 0.1) is 7.11 Å². The number of ether oxygens (including phenoxy) is 1. The van der Waals surface area contributed by atoms with Gasteiger partial charge >= 0.3 is 6.18 Å². The van der Waals surface area contributed by atoms with E-state index >= 15 is 0 Å². The maximum absolute atomic E-state index is 12.5. The predicted molar refractivity (Wildman–Crippen MR) is 64.8 cm³/mol. The van der Waals surface area contributed by atoms with Crippen molar-refractivity contribution in [2.75, 3.05) is 14.2 Å². The Morgan fingerprint density at radius 2 is 1.83 bits per heavy atom. The topological polar surface area (TPSA) is 21.3 Å². The molecule has 5 heteroatoms. The maximum Gasteiger partial charge on any atom is 0.403 e. The lowest BCUT2D eigenvalue weighted by Crippen LogP contribution is -2.40. The lowest BCUT2D eigenvalue weighted by atomic mass is 10.0. The zero-order chi connectivity index (χ0) is 13.6. The number of benzene rings is 1. The molecule has 1 rings (SSSR count). The van der Waals surface area contributed by atoms with Gasteiger partial charge in [0, 0.05) is 0 Å². The van der Waals surface area contributed by atoms with Crippen molar-refractivity contribution in [3.63, 3.8) is 0 Å². The number of methoxy groups -OCH3 is 1. The summed E-state index contributed by atoms with van der Waals surface area (Å²) in [6, 6.07) is 5.96. The quantitative estimate of drug-likeness (QED) is 0.849. The summed E-state index contributed by atoms with van der Waals surface area (Å²) in [6.45, 7) is 0. The first-order valence-electron chi connectivity index (χ1n) is 5.84. The second-order valence-electron chi connectivity index (χ2n) is 4.12. The van der Waals surface area contributed by atoms with Crippen molar-refractivity contribution in [2.24, 2.45) is 0 Å². The second kappa shape index (κ2) is 6.64. The van der Waals surface area contributed by atoms with Crippen LogP contribution in [-0.4, -0.2) is 26.4 Å². The summed E-state index contributed by atoms with van der Waals surface area (Å²) in [4.78, 5) is 0. The van der Waals surface area contributed by atoms with Crippen molar-refractivity contribution in [1.29, 1.82) is 0 Å². The van der Waals surface area contributed by atoms with Crippen LogP contribution in [0.3, 0.4) is 0 Å². The van der Waals surface area contributed by atoms with Gasteiger partial charge in [-0.3, -0.25) is 0 Å². The van der Waals surface area contributed by atoms with Crippen LogP contribution in [0.2, 0.25) is 0 Å². The average Bonchev–Trinajstić information content (AvgIpc) is 2.34. The first-order chi connectivity index (χ1) is 8.47. The number of hydrogen-bond acceptors (Lipinski definition) is 2. The van der Waals surface area contributed by atoms with E-state index < -0.39 is 12.2 Å². The third-order valence-electron chi connectivity index (χ3n) is 2.86. The first kappa shape index (κ1) is 14.8. The molecule has 0 fully saturated rings. The molecule has 1 aromatic rings. The molecule has 1 aromatic carbocycles. The minimum Gasteiger partial charge on any atom is -0.497 e. The smallest absolute Gasteiger partial charge is 0.403 e. The fourth-order valence-electron chi connectivity index (χ4n) is 1.77. The van der Waals surface area contributed by atoms with Crippen LogP contribution in [0.5, 0.6) is 5.75 Å². The zero-order valence-corrected chi connectivity index (χ0v) is 10.6. The third kappa shape index (κ3) is 4.56. The molecule has 0 radical (unpaired) electrons. The summed E-state index contributed by atoms with van der Waals surface area (Å²) in [7, 11) is 2.92. The minimum atomic E-state index is -4.17. The molecule has 0 aliphatic heterocycles. The van der Waals surface area contributed by atoms with E-state index in [0.29, 0.717) is 12.8 Å². The molecule has 0 aliphatic rings. The summed E-state index contributed by atoms with van der Waals surface area (Å²) in [6.07, 6.45) is -2.95. The van der Waals surface area contributed by atoms with Gasteiger partial charge < -0.3 is 10.1 Å². The van der Waals surface area contributed by atoms with Crippen molar-refractivity contribution in [2.45, 2.75) is 31.5 Å². The van der Waals surface area contributed by atoms with Crippen molar-refractivity contribution in [1.82, 2.24) is 5.32 Å². The van der Waals surface area contributed by atoms with Crippen LogP contribution >= 0.6 is 0 Å². The van der Waals surface area contributed by atoms with Gasteiger partial charge in [-0.15, -0.1) is 0 Å². The van der Waals surface area contributed by atoms with E-state index in [1.165, 1.54) is 7.05 Å². The minimum absolute atomic E-state index is 0.0893. The van der Waals surface area contributed by atoms with Crippen LogP contribution in [0, 0.1) is 0 Å². The first-order valence-corrected chi connectivity index (χ1v) is 5.84. The average molecular weight is 261 g/mol. The maximum atomic E-state index is 12.5. The standard InChI is InChI=1S/C13H18F3NO/c1-17-12(13(14,15)16)5-3-4-10-6-8-11(18-2)9-7-10/h6-9,12,17H,3-5H2,1-2H3. The molecule has 1 N–H and O–H groups in total. The van der Waals surface area contributed by atoms with E-state index in [1.807, 2.05) is 24.3 Å². The number of aryl methyl sites for hydroxylation is 1. The molecule has 0 aliphatic carbocycles. The van der Waals surface area contributed by atoms with Gasteiger partial charge in [0.1, 0.15) is 11.8 Å². The van der Waals surface area contributed by atoms with Gasteiger partial charge in [-0.1, -0.05) is 12.1 Å². The predicted octanol–water partition coefficient (Wildman–Crippen LogP) is 3.17. The van der Waals surface area contributed by atoms with Gasteiger partial charge in [0.2, 0.25) is 0 Å². The molecule has 1 atom stereocenters. The lowest BCUT2D eigenvalue weighted by molar-refractivity contribution is -0.156. The van der Waals surface area contributed by atoms with Crippen molar-refractivity contribution in [3.8, 4) is 5.75 Å². The molecule has 0 heterocycles. The molecular weight excluding hydrogens is 243 g/mol. The summed E-state index contributed by atoms with van der Waals surface area (Å²) < 4.78 is 42.4. The number of halogens is 3. The molecule has 1 unspecified atom stereocenters. The van der Waals surface area contributed by atoms with Gasteiger partial charge in [-0.2, -0.15) is 13.2 Å². The number of rotatable bonds is 6. The highest BCUT2D eigenvalue weighted by Gasteiger charge is 2.37. The molecule has 0 spiro atoms. The van der Waals surface area contributed by atoms with Crippen molar-refractivity contribution in [3.05, 3.63) is 29.8 Å². The van der Waals surface area contributed by atoms with E-state index in [9.17, 15) is 13.2 Å². The molecule has 0 aromatic heterocycles. The van der Waals surface area contributed by atoms with E-state index in [4.69, 9.17) is 4.74 Å². The Morgan fingerprint density at radius 1 is 1.22 bits per heavy atom. The summed E-state index contributed by atoms with van der Waals surface area (Å²) >= 11 is 0. The fourth-order valence-corrected chi connectivity index (χ4v) is 1.77. The number of alkyl halides is 3. The van der Waals surface area contributed by atoms with Crippen molar-refractivity contribution < 1.29 is 17.9 Å². The van der Waals surface area contributed by atoms with Crippen molar-refractivity contribution >= 4 is 0 Å². The summed E-state index contributed by atoms with van der Waals surface area (Å²) in [5, 5.41) is 2.30. The van der Waals surface area contributed by atoms with Crippen LogP contribution in [0.4, 0.5) is 13.2 Å². The van der Waals surface area contributed by atoms with Gasteiger partial charge in [0.15, 0.2) is 0 Å². The van der Waals surface area contributed by atoms with Crippen LogP contribution < -0.4 is 10.1 Å². The van der Waals surface area contributed by atoms with Gasteiger partial charge in [-0.25, -0.2) is 0 Å². The Balaban J connectivity index is 2.40. The summed E-state index contributed by atoms with van der Waals surface area (Å²) in [5.74, 6) is 0.752. The molecular formula is C13H18F3NO. The molecule has 0 bridgehead atoms. The van der Waals surface area contributed by atoms with E-state index in [0.717, 1.165) is 11.3 Å². The highest BCUT2D eigenvalue weighted by molar-refractivity contribution is 5.27. The van der Waals surface area contributed by atoms with Crippen LogP contribution in [0.1, 0.15) is 18.4 Å². The number of nitrogens with one attached hydrogen (secondary N) is 1. The molecule has 0 amide bonds. The van der Waals surface area contributed by atoms with E-state index in [-0.39, 0.29) is 6.42 Å². The van der Waals surface area contributed by atoms with E-state index in [2.05, 4.69) is 5.32 Å². The molecule has 0 saturated carbocycles. The van der Waals surface area contributed by atoms with E-state index in [1.54, 1.807) is 7.11 Å². The lowest BCUT2D eigenvalue weighted by Gasteiger charge is -2.19. The monoisotopic (exact) mass is 261 g/mol. The Bertz CT molecular complexity index is 348. The third-order valence-corrected chi connectivity index (χ3v) is 2.86. The van der Waals surface area contributed by atoms with Crippen LogP contribution in [0.15, 0.2) is 24.3 Å². The Morgan fingerprint density at radius 3 is 2.28 bits per heavy atom. The normalized spacial score (nSPS) is 13.4.